The van der Waals surface area contributed by atoms with E-state index in [4.69, 9.17) is 0 Å². The van der Waals surface area contributed by atoms with Crippen molar-refractivity contribution in [2.45, 2.75) is 38.6 Å². The van der Waals surface area contributed by atoms with Crippen molar-refractivity contribution in [1.29, 1.82) is 0 Å². The third-order valence-electron chi connectivity index (χ3n) is 3.36. The van der Waals surface area contributed by atoms with E-state index in [1.165, 1.54) is 17.5 Å². The monoisotopic (exact) mass is 189 g/mol. The van der Waals surface area contributed by atoms with E-state index in [1.54, 1.807) is 0 Å². The molecule has 1 aromatic carbocycles. The standard InChI is InChI=1S/C13H19N/c1-10-4-6-11(7-5-10)12-8-9-14-13(12,2)3/h4-7,12,14H,8-9H2,1-3H3/t12-/m0/s1. The van der Waals surface area contributed by atoms with Crippen LogP contribution in [0.2, 0.25) is 0 Å². The van der Waals surface area contributed by atoms with Crippen LogP contribution < -0.4 is 5.32 Å². The maximum atomic E-state index is 3.56. The Labute approximate surface area is 86.5 Å². The van der Waals surface area contributed by atoms with Gasteiger partial charge in [0.1, 0.15) is 0 Å². The summed E-state index contributed by atoms with van der Waals surface area (Å²) < 4.78 is 0. The minimum absolute atomic E-state index is 0.259. The van der Waals surface area contributed by atoms with Crippen LogP contribution in [0.15, 0.2) is 24.3 Å². The Morgan fingerprint density at radius 3 is 2.36 bits per heavy atom. The molecule has 1 atom stereocenters. The van der Waals surface area contributed by atoms with Crippen LogP contribution in [0.4, 0.5) is 0 Å². The summed E-state index contributed by atoms with van der Waals surface area (Å²) >= 11 is 0. The predicted octanol–water partition coefficient (Wildman–Crippen LogP) is 2.85. The van der Waals surface area contributed by atoms with Gasteiger partial charge in [0.15, 0.2) is 0 Å². The predicted molar refractivity (Wildman–Crippen MR) is 60.6 cm³/mol. The normalized spacial score (nSPS) is 25.2. The van der Waals surface area contributed by atoms with Gasteiger partial charge in [0.25, 0.3) is 0 Å². The quantitative estimate of drug-likeness (QED) is 0.716. The molecule has 1 aliphatic heterocycles. The van der Waals surface area contributed by atoms with Crippen molar-refractivity contribution in [2.24, 2.45) is 0 Å². The van der Waals surface area contributed by atoms with Crippen LogP contribution in [0.1, 0.15) is 37.3 Å². The molecule has 0 spiro atoms. The fourth-order valence-corrected chi connectivity index (χ4v) is 2.40. The average Bonchev–Trinajstić information content (AvgIpc) is 2.47. The van der Waals surface area contributed by atoms with E-state index in [1.807, 2.05) is 0 Å². The second-order valence-corrected chi connectivity index (χ2v) is 4.90. The Kier molecular flexibility index (Phi) is 2.36. The first-order valence-electron chi connectivity index (χ1n) is 5.41. The molecule has 1 nitrogen and oxygen atoms in total. The van der Waals surface area contributed by atoms with E-state index in [0.717, 1.165) is 6.54 Å². The molecule has 1 aromatic rings. The largest absolute Gasteiger partial charge is 0.311 e. The SMILES string of the molecule is Cc1ccc([C@@H]2CCNC2(C)C)cc1. The van der Waals surface area contributed by atoms with E-state index < -0.39 is 0 Å². The zero-order valence-corrected chi connectivity index (χ0v) is 9.30. The van der Waals surface area contributed by atoms with Crippen LogP contribution in [0.25, 0.3) is 0 Å². The maximum absolute atomic E-state index is 3.56. The van der Waals surface area contributed by atoms with E-state index in [-0.39, 0.29) is 5.54 Å². The third kappa shape index (κ3) is 1.69. The molecular formula is C13H19N. The first-order valence-corrected chi connectivity index (χ1v) is 5.41. The van der Waals surface area contributed by atoms with Gasteiger partial charge in [-0.05, 0) is 39.3 Å². The summed E-state index contributed by atoms with van der Waals surface area (Å²) in [6.07, 6.45) is 1.26. The van der Waals surface area contributed by atoms with Gasteiger partial charge in [0.2, 0.25) is 0 Å². The molecule has 1 N–H and O–H groups in total. The van der Waals surface area contributed by atoms with Gasteiger partial charge in [-0.3, -0.25) is 0 Å². The van der Waals surface area contributed by atoms with Gasteiger partial charge in [-0.25, -0.2) is 0 Å². The molecule has 1 heteroatoms. The van der Waals surface area contributed by atoms with Gasteiger partial charge in [0.05, 0.1) is 0 Å². The summed E-state index contributed by atoms with van der Waals surface area (Å²) in [5, 5.41) is 3.56. The van der Waals surface area contributed by atoms with Gasteiger partial charge < -0.3 is 5.32 Å². The lowest BCUT2D eigenvalue weighted by Crippen LogP contribution is -2.36. The summed E-state index contributed by atoms with van der Waals surface area (Å²) in [7, 11) is 0. The molecule has 0 unspecified atom stereocenters. The van der Waals surface area contributed by atoms with Crippen LogP contribution in [0, 0.1) is 6.92 Å². The highest BCUT2D eigenvalue weighted by molar-refractivity contribution is 5.28. The number of rotatable bonds is 1. The van der Waals surface area contributed by atoms with Gasteiger partial charge in [-0.2, -0.15) is 0 Å². The van der Waals surface area contributed by atoms with Crippen LogP contribution in [-0.4, -0.2) is 12.1 Å². The summed E-state index contributed by atoms with van der Waals surface area (Å²) in [5.74, 6) is 0.670. The summed E-state index contributed by atoms with van der Waals surface area (Å²) in [6.45, 7) is 7.88. The van der Waals surface area contributed by atoms with Gasteiger partial charge in [0, 0.05) is 11.5 Å². The summed E-state index contributed by atoms with van der Waals surface area (Å²) in [4.78, 5) is 0. The number of aryl methyl sites for hydroxylation is 1. The van der Waals surface area contributed by atoms with E-state index in [9.17, 15) is 0 Å². The van der Waals surface area contributed by atoms with Crippen molar-refractivity contribution in [3.05, 3.63) is 35.4 Å². The maximum Gasteiger partial charge on any atom is 0.0194 e. The minimum Gasteiger partial charge on any atom is -0.311 e. The molecule has 1 fully saturated rings. The number of benzene rings is 1. The molecule has 14 heavy (non-hydrogen) atoms. The molecule has 0 radical (unpaired) electrons. The van der Waals surface area contributed by atoms with Crippen molar-refractivity contribution < 1.29 is 0 Å². The fraction of sp³-hybridized carbons (Fsp3) is 0.538. The second kappa shape index (κ2) is 3.39. The van der Waals surface area contributed by atoms with Gasteiger partial charge in [-0.15, -0.1) is 0 Å². The Hall–Kier alpha value is -0.820. The van der Waals surface area contributed by atoms with Crippen molar-refractivity contribution >= 4 is 0 Å². The lowest BCUT2D eigenvalue weighted by molar-refractivity contribution is 0.411. The first kappa shape index (κ1) is 9.72. The highest BCUT2D eigenvalue weighted by Crippen LogP contribution is 2.35. The fourth-order valence-electron chi connectivity index (χ4n) is 2.40. The summed E-state index contributed by atoms with van der Waals surface area (Å²) in [5.41, 5.74) is 3.08. The molecule has 0 bridgehead atoms. The minimum atomic E-state index is 0.259. The molecule has 0 aliphatic carbocycles. The Morgan fingerprint density at radius 2 is 1.86 bits per heavy atom. The Bertz CT molecular complexity index is 311. The average molecular weight is 189 g/mol. The lowest BCUT2D eigenvalue weighted by atomic mass is 9.83. The molecule has 1 saturated heterocycles. The molecule has 76 valence electrons. The van der Waals surface area contributed by atoms with Crippen molar-refractivity contribution in [1.82, 2.24) is 5.32 Å². The molecule has 1 heterocycles. The first-order chi connectivity index (χ1) is 6.59. The van der Waals surface area contributed by atoms with Crippen molar-refractivity contribution in [3.63, 3.8) is 0 Å². The van der Waals surface area contributed by atoms with Gasteiger partial charge >= 0.3 is 0 Å². The molecule has 0 aromatic heterocycles. The second-order valence-electron chi connectivity index (χ2n) is 4.90. The molecular weight excluding hydrogens is 170 g/mol. The highest BCUT2D eigenvalue weighted by atomic mass is 15.0. The van der Waals surface area contributed by atoms with E-state index in [2.05, 4.69) is 50.4 Å². The van der Waals surface area contributed by atoms with Gasteiger partial charge in [-0.1, -0.05) is 29.8 Å². The van der Waals surface area contributed by atoms with Crippen LogP contribution in [0.5, 0.6) is 0 Å². The van der Waals surface area contributed by atoms with Crippen molar-refractivity contribution in [3.8, 4) is 0 Å². The smallest absolute Gasteiger partial charge is 0.0194 e. The number of hydrogen-bond donors (Lipinski definition) is 1. The molecule has 2 rings (SSSR count). The van der Waals surface area contributed by atoms with Crippen molar-refractivity contribution in [2.75, 3.05) is 6.54 Å². The number of nitrogens with one attached hydrogen (secondary N) is 1. The lowest BCUT2D eigenvalue weighted by Gasteiger charge is -2.27. The zero-order chi connectivity index (χ0) is 10.2. The highest BCUT2D eigenvalue weighted by Gasteiger charge is 2.34. The van der Waals surface area contributed by atoms with Crippen LogP contribution >= 0.6 is 0 Å². The van der Waals surface area contributed by atoms with Crippen LogP contribution in [-0.2, 0) is 0 Å². The Balaban J connectivity index is 2.27. The molecule has 0 saturated carbocycles. The molecule has 1 aliphatic rings. The number of hydrogen-bond acceptors (Lipinski definition) is 1. The Morgan fingerprint density at radius 1 is 1.21 bits per heavy atom. The van der Waals surface area contributed by atoms with E-state index in [0.29, 0.717) is 5.92 Å². The van der Waals surface area contributed by atoms with Crippen LogP contribution in [0.3, 0.4) is 0 Å². The third-order valence-corrected chi connectivity index (χ3v) is 3.36. The van der Waals surface area contributed by atoms with E-state index >= 15 is 0 Å². The molecule has 0 amide bonds. The zero-order valence-electron chi connectivity index (χ0n) is 9.30. The summed E-state index contributed by atoms with van der Waals surface area (Å²) in [6, 6.07) is 8.97. The topological polar surface area (TPSA) is 12.0 Å².